The molecule has 170 valence electrons. The lowest BCUT2D eigenvalue weighted by Gasteiger charge is -2.36. The number of amides is 1. The lowest BCUT2D eigenvalue weighted by atomic mass is 10.2. The van der Waals surface area contributed by atoms with E-state index in [0.29, 0.717) is 38.2 Å². The third-order valence-corrected chi connectivity index (χ3v) is 7.54. The number of ether oxygens (including phenoxy) is 1. The number of hydrogen-bond acceptors (Lipinski definition) is 6. The number of benzene rings is 1. The minimum Gasteiger partial charge on any atom is -0.385 e. The Morgan fingerprint density at radius 1 is 1.13 bits per heavy atom. The fourth-order valence-corrected chi connectivity index (χ4v) is 5.14. The normalized spacial score (nSPS) is 15.6. The van der Waals surface area contributed by atoms with Crippen molar-refractivity contribution < 1.29 is 17.9 Å². The van der Waals surface area contributed by atoms with Gasteiger partial charge in [0.15, 0.2) is 0 Å². The van der Waals surface area contributed by atoms with Crippen molar-refractivity contribution in [3.8, 4) is 0 Å². The first-order valence-electron chi connectivity index (χ1n) is 10.8. The number of hydrogen-bond donors (Lipinski definition) is 1. The molecule has 1 saturated heterocycles. The van der Waals surface area contributed by atoms with E-state index < -0.39 is 10.0 Å². The maximum Gasteiger partial charge on any atom is 0.243 e. The van der Waals surface area contributed by atoms with Gasteiger partial charge >= 0.3 is 0 Å². The van der Waals surface area contributed by atoms with Crippen molar-refractivity contribution in [2.45, 2.75) is 38.5 Å². The molecule has 0 aliphatic carbocycles. The molecule has 30 heavy (non-hydrogen) atoms. The minimum absolute atomic E-state index is 0.141. The molecule has 0 spiro atoms. The minimum atomic E-state index is -3.61. The molecule has 1 N–H and O–H groups in total. The highest BCUT2D eigenvalue weighted by Gasteiger charge is 2.25. The highest BCUT2D eigenvalue weighted by atomic mass is 32.2. The van der Waals surface area contributed by atoms with E-state index in [1.165, 1.54) is 4.31 Å². The number of nitrogens with zero attached hydrogens (tertiary/aromatic N) is 3. The average molecular weight is 441 g/mol. The molecular formula is C21H36N4O4S. The van der Waals surface area contributed by atoms with Crippen LogP contribution in [0.5, 0.6) is 0 Å². The quantitative estimate of drug-likeness (QED) is 0.532. The number of rotatable bonds is 11. The number of methoxy groups -OCH3 is 1. The lowest BCUT2D eigenvalue weighted by Crippen LogP contribution is -2.46. The summed E-state index contributed by atoms with van der Waals surface area (Å²) in [6.07, 6.45) is 0.939. The van der Waals surface area contributed by atoms with Gasteiger partial charge < -0.3 is 19.9 Å². The molecule has 0 aromatic heterocycles. The molecule has 0 radical (unpaired) electrons. The summed E-state index contributed by atoms with van der Waals surface area (Å²) in [5.41, 5.74) is 1.42. The Kier molecular flexibility index (Phi) is 9.54. The van der Waals surface area contributed by atoms with Gasteiger partial charge in [0.05, 0.1) is 16.3 Å². The Bertz CT molecular complexity index is 788. The molecule has 0 bridgehead atoms. The molecule has 0 unspecified atom stereocenters. The van der Waals surface area contributed by atoms with Gasteiger partial charge in [-0.3, -0.25) is 4.79 Å². The monoisotopic (exact) mass is 440 g/mol. The van der Waals surface area contributed by atoms with Crippen molar-refractivity contribution in [3.05, 3.63) is 18.2 Å². The molecule has 1 fully saturated rings. The first-order chi connectivity index (χ1) is 14.4. The summed E-state index contributed by atoms with van der Waals surface area (Å²) in [4.78, 5) is 17.3. The van der Waals surface area contributed by atoms with Gasteiger partial charge in [0.1, 0.15) is 0 Å². The van der Waals surface area contributed by atoms with Crippen LogP contribution >= 0.6 is 0 Å². The van der Waals surface area contributed by atoms with Crippen LogP contribution in [-0.2, 0) is 19.6 Å². The van der Waals surface area contributed by atoms with Gasteiger partial charge in [-0.15, -0.1) is 0 Å². The van der Waals surface area contributed by atoms with Crippen molar-refractivity contribution >= 4 is 27.3 Å². The third kappa shape index (κ3) is 6.16. The Morgan fingerprint density at radius 2 is 1.80 bits per heavy atom. The highest BCUT2D eigenvalue weighted by molar-refractivity contribution is 7.89. The van der Waals surface area contributed by atoms with Crippen LogP contribution in [0.1, 0.15) is 33.6 Å². The molecule has 0 atom stereocenters. The van der Waals surface area contributed by atoms with Gasteiger partial charge in [-0.1, -0.05) is 20.8 Å². The molecule has 8 nitrogen and oxygen atoms in total. The molecule has 1 aromatic carbocycles. The number of carbonyl (C=O) groups excluding carboxylic acids is 1. The van der Waals surface area contributed by atoms with Crippen LogP contribution in [0, 0.1) is 0 Å². The first kappa shape index (κ1) is 24.6. The summed E-state index contributed by atoms with van der Waals surface area (Å²) in [5.74, 6) is -0.141. The standard InChI is InChI=1S/C21H36N4O4S/c1-5-23-12-14-24(15-13-23)20-11-10-18(30(27,28)25(6-2)7-3)17-19(20)22-21(26)9-8-16-29-4/h10-11,17H,5-9,12-16H2,1-4H3,(H,22,26). The van der Waals surface area contributed by atoms with Gasteiger partial charge in [0, 0.05) is 59.4 Å². The van der Waals surface area contributed by atoms with Crippen molar-refractivity contribution in [2.24, 2.45) is 0 Å². The fraction of sp³-hybridized carbons (Fsp3) is 0.667. The number of anilines is 2. The smallest absolute Gasteiger partial charge is 0.243 e. The average Bonchev–Trinajstić information content (AvgIpc) is 2.74. The third-order valence-electron chi connectivity index (χ3n) is 5.50. The second kappa shape index (κ2) is 11.6. The van der Waals surface area contributed by atoms with Crippen molar-refractivity contribution in [1.29, 1.82) is 0 Å². The topological polar surface area (TPSA) is 82.2 Å². The van der Waals surface area contributed by atoms with Gasteiger partial charge in [-0.25, -0.2) is 8.42 Å². The van der Waals surface area contributed by atoms with Crippen molar-refractivity contribution in [2.75, 3.05) is 69.7 Å². The second-order valence-electron chi connectivity index (χ2n) is 7.33. The zero-order chi connectivity index (χ0) is 22.1. The molecule has 1 aromatic rings. The number of piperazine rings is 1. The zero-order valence-corrected chi connectivity index (χ0v) is 19.5. The molecule has 0 saturated carbocycles. The van der Waals surface area contributed by atoms with E-state index in [1.807, 2.05) is 19.9 Å². The SMILES string of the molecule is CCN1CCN(c2ccc(S(=O)(=O)N(CC)CC)cc2NC(=O)CCCOC)CC1. The van der Waals surface area contributed by atoms with Crippen LogP contribution in [0.3, 0.4) is 0 Å². The van der Waals surface area contributed by atoms with Crippen LogP contribution in [0.2, 0.25) is 0 Å². The number of carbonyl (C=O) groups is 1. The Labute approximate surface area is 181 Å². The van der Waals surface area contributed by atoms with Gasteiger partial charge in [0.25, 0.3) is 0 Å². The van der Waals surface area contributed by atoms with E-state index >= 15 is 0 Å². The summed E-state index contributed by atoms with van der Waals surface area (Å²) >= 11 is 0. The van der Waals surface area contributed by atoms with Gasteiger partial charge in [-0.05, 0) is 31.2 Å². The predicted molar refractivity (Wildman–Crippen MR) is 121 cm³/mol. The van der Waals surface area contributed by atoms with E-state index in [1.54, 1.807) is 19.2 Å². The summed E-state index contributed by atoms with van der Waals surface area (Å²) in [6, 6.07) is 5.07. The molecule has 9 heteroatoms. The van der Waals surface area contributed by atoms with Crippen molar-refractivity contribution in [1.82, 2.24) is 9.21 Å². The number of nitrogens with one attached hydrogen (secondary N) is 1. The van der Waals surface area contributed by atoms with Gasteiger partial charge in [0.2, 0.25) is 15.9 Å². The summed E-state index contributed by atoms with van der Waals surface area (Å²) in [6.45, 7) is 11.7. The molecule has 2 rings (SSSR count). The first-order valence-corrected chi connectivity index (χ1v) is 12.2. The van der Waals surface area contributed by atoms with Crippen LogP contribution < -0.4 is 10.2 Å². The highest BCUT2D eigenvalue weighted by Crippen LogP contribution is 2.31. The Morgan fingerprint density at radius 3 is 2.37 bits per heavy atom. The van der Waals surface area contributed by atoms with E-state index in [4.69, 9.17) is 4.74 Å². The Hall–Kier alpha value is -1.68. The van der Waals surface area contributed by atoms with Crippen molar-refractivity contribution in [3.63, 3.8) is 0 Å². The summed E-state index contributed by atoms with van der Waals surface area (Å²) in [7, 11) is -2.00. The predicted octanol–water partition coefficient (Wildman–Crippen LogP) is 2.22. The Balaban J connectivity index is 2.33. The maximum atomic E-state index is 13.0. The maximum absolute atomic E-state index is 13.0. The van der Waals surface area contributed by atoms with Gasteiger partial charge in [-0.2, -0.15) is 4.31 Å². The summed E-state index contributed by atoms with van der Waals surface area (Å²) in [5, 5.41) is 2.95. The second-order valence-corrected chi connectivity index (χ2v) is 9.27. The molecule has 1 heterocycles. The molecule has 1 aliphatic heterocycles. The number of sulfonamides is 1. The van der Waals surface area contributed by atoms with Crippen LogP contribution in [-0.4, -0.2) is 83.1 Å². The fourth-order valence-electron chi connectivity index (χ4n) is 3.66. The van der Waals surface area contributed by atoms with Crippen LogP contribution in [0.15, 0.2) is 23.1 Å². The van der Waals surface area contributed by atoms with E-state index in [0.717, 1.165) is 38.4 Å². The summed E-state index contributed by atoms with van der Waals surface area (Å²) < 4.78 is 32.4. The van der Waals surface area contributed by atoms with E-state index in [9.17, 15) is 13.2 Å². The van der Waals surface area contributed by atoms with E-state index in [2.05, 4.69) is 22.0 Å². The molecule has 1 aliphatic rings. The largest absolute Gasteiger partial charge is 0.385 e. The number of likely N-dealkylation sites (N-methyl/N-ethyl adjacent to an activating group) is 1. The zero-order valence-electron chi connectivity index (χ0n) is 18.7. The lowest BCUT2D eigenvalue weighted by molar-refractivity contribution is -0.116. The van der Waals surface area contributed by atoms with E-state index in [-0.39, 0.29) is 10.8 Å². The molecular weight excluding hydrogens is 404 g/mol. The molecule has 1 amide bonds. The van der Waals surface area contributed by atoms with Crippen LogP contribution in [0.4, 0.5) is 11.4 Å². The van der Waals surface area contributed by atoms with Crippen LogP contribution in [0.25, 0.3) is 0 Å².